The molecule has 0 bridgehead atoms. The fraction of sp³-hybridized carbons (Fsp3) is 0.571. The van der Waals surface area contributed by atoms with Gasteiger partial charge in [0.15, 0.2) is 0 Å². The van der Waals surface area contributed by atoms with Crippen LogP contribution in [0.25, 0.3) is 0 Å². The Bertz CT molecular complexity index is 455. The van der Waals surface area contributed by atoms with Gasteiger partial charge in [-0.3, -0.25) is 4.79 Å². The van der Waals surface area contributed by atoms with Gasteiger partial charge in [0.1, 0.15) is 5.82 Å². The number of amides is 1. The monoisotopic (exact) mass is 340 g/mol. The third-order valence-corrected chi connectivity index (χ3v) is 4.10. The van der Waals surface area contributed by atoms with Crippen molar-refractivity contribution in [3.05, 3.63) is 22.8 Å². The van der Waals surface area contributed by atoms with E-state index < -0.39 is 6.04 Å². The van der Waals surface area contributed by atoms with E-state index in [1.807, 2.05) is 30.9 Å². The number of rotatable bonds is 3. The molecule has 1 aliphatic rings. The zero-order valence-electron chi connectivity index (χ0n) is 11.9. The molecule has 1 saturated heterocycles. The number of anilines is 1. The Labute approximate surface area is 128 Å². The topological polar surface area (TPSA) is 62.5 Å². The van der Waals surface area contributed by atoms with Crippen molar-refractivity contribution in [2.75, 3.05) is 31.1 Å². The molecular formula is C14H21BrN4O. The molecule has 0 saturated carbocycles. The van der Waals surface area contributed by atoms with Gasteiger partial charge in [-0.2, -0.15) is 0 Å². The summed E-state index contributed by atoms with van der Waals surface area (Å²) in [6, 6.07) is 3.57. The van der Waals surface area contributed by atoms with Crippen molar-refractivity contribution in [1.29, 1.82) is 0 Å². The van der Waals surface area contributed by atoms with Crippen LogP contribution in [-0.2, 0) is 4.79 Å². The van der Waals surface area contributed by atoms with E-state index in [2.05, 4.69) is 25.8 Å². The maximum Gasteiger partial charge on any atom is 0.239 e. The van der Waals surface area contributed by atoms with Gasteiger partial charge in [-0.25, -0.2) is 4.98 Å². The number of nitrogens with two attached hydrogens (primary N) is 1. The van der Waals surface area contributed by atoms with Crippen molar-refractivity contribution in [1.82, 2.24) is 9.88 Å². The molecule has 1 aliphatic heterocycles. The van der Waals surface area contributed by atoms with Gasteiger partial charge in [0, 0.05) is 36.8 Å². The first-order chi connectivity index (χ1) is 9.49. The van der Waals surface area contributed by atoms with Crippen LogP contribution < -0.4 is 10.6 Å². The number of hydrogen-bond acceptors (Lipinski definition) is 4. The third kappa shape index (κ3) is 3.49. The molecule has 1 aromatic heterocycles. The molecule has 2 heterocycles. The van der Waals surface area contributed by atoms with Crippen molar-refractivity contribution >= 4 is 27.7 Å². The molecule has 1 atom stereocenters. The van der Waals surface area contributed by atoms with Crippen molar-refractivity contribution in [3.8, 4) is 0 Å². The van der Waals surface area contributed by atoms with E-state index in [-0.39, 0.29) is 11.8 Å². The van der Waals surface area contributed by atoms with E-state index in [1.54, 1.807) is 6.20 Å². The highest BCUT2D eigenvalue weighted by Gasteiger charge is 2.27. The summed E-state index contributed by atoms with van der Waals surface area (Å²) in [5.74, 6) is 1.19. The highest BCUT2D eigenvalue weighted by Crippen LogP contribution is 2.17. The summed E-state index contributed by atoms with van der Waals surface area (Å²) in [7, 11) is 0. The van der Waals surface area contributed by atoms with Crippen LogP contribution in [0.3, 0.4) is 0 Å². The van der Waals surface area contributed by atoms with E-state index >= 15 is 0 Å². The maximum absolute atomic E-state index is 12.2. The van der Waals surface area contributed by atoms with Crippen LogP contribution in [0.4, 0.5) is 5.82 Å². The number of pyridine rings is 1. The van der Waals surface area contributed by atoms with Gasteiger partial charge in [-0.15, -0.1) is 0 Å². The summed E-state index contributed by atoms with van der Waals surface area (Å²) >= 11 is 3.38. The number of halogens is 1. The lowest BCUT2D eigenvalue weighted by molar-refractivity contribution is -0.133. The largest absolute Gasteiger partial charge is 0.353 e. The number of aromatic nitrogens is 1. The minimum Gasteiger partial charge on any atom is -0.353 e. The van der Waals surface area contributed by atoms with Crippen LogP contribution in [0.15, 0.2) is 22.8 Å². The second kappa shape index (κ2) is 6.54. The molecular weight excluding hydrogens is 320 g/mol. The Kier molecular flexibility index (Phi) is 4.99. The highest BCUT2D eigenvalue weighted by atomic mass is 79.9. The van der Waals surface area contributed by atoms with E-state index in [9.17, 15) is 4.79 Å². The number of carbonyl (C=O) groups is 1. The number of piperazine rings is 1. The zero-order valence-corrected chi connectivity index (χ0v) is 13.5. The summed E-state index contributed by atoms with van der Waals surface area (Å²) in [4.78, 5) is 20.6. The minimum absolute atomic E-state index is 0.0587. The molecule has 1 amide bonds. The Hall–Kier alpha value is -1.14. The average molecular weight is 341 g/mol. The first kappa shape index (κ1) is 15.3. The van der Waals surface area contributed by atoms with Crippen molar-refractivity contribution in [2.24, 2.45) is 11.7 Å². The molecule has 110 valence electrons. The van der Waals surface area contributed by atoms with Gasteiger partial charge in [0.25, 0.3) is 0 Å². The maximum atomic E-state index is 12.2. The SMILES string of the molecule is CC(C)[C@@H](N)C(=O)N1CCN(c2ccc(Br)cn2)CC1. The van der Waals surface area contributed by atoms with E-state index in [0.717, 1.165) is 23.4 Å². The second-order valence-electron chi connectivity index (χ2n) is 5.42. The van der Waals surface area contributed by atoms with E-state index in [4.69, 9.17) is 5.73 Å². The Morgan fingerprint density at radius 1 is 1.30 bits per heavy atom. The van der Waals surface area contributed by atoms with Crippen molar-refractivity contribution in [3.63, 3.8) is 0 Å². The lowest BCUT2D eigenvalue weighted by Crippen LogP contribution is -2.54. The minimum atomic E-state index is -0.396. The van der Waals surface area contributed by atoms with Crippen LogP contribution in [0, 0.1) is 5.92 Å². The Balaban J connectivity index is 1.92. The molecule has 6 heteroatoms. The number of hydrogen-bond donors (Lipinski definition) is 1. The zero-order chi connectivity index (χ0) is 14.7. The summed E-state index contributed by atoms with van der Waals surface area (Å²) in [5, 5.41) is 0. The van der Waals surface area contributed by atoms with Gasteiger partial charge >= 0.3 is 0 Å². The van der Waals surface area contributed by atoms with Gasteiger partial charge in [-0.05, 0) is 34.0 Å². The normalized spacial score (nSPS) is 17.4. The van der Waals surface area contributed by atoms with Gasteiger partial charge in [0.05, 0.1) is 6.04 Å². The number of nitrogens with zero attached hydrogens (tertiary/aromatic N) is 3. The van der Waals surface area contributed by atoms with Crippen LogP contribution in [0.2, 0.25) is 0 Å². The van der Waals surface area contributed by atoms with Gasteiger partial charge in [0.2, 0.25) is 5.91 Å². The molecule has 0 aromatic carbocycles. The Morgan fingerprint density at radius 3 is 2.45 bits per heavy atom. The predicted octanol–water partition coefficient (Wildman–Crippen LogP) is 1.48. The summed E-state index contributed by atoms with van der Waals surface area (Å²) < 4.78 is 0.970. The van der Waals surface area contributed by atoms with Crippen LogP contribution >= 0.6 is 15.9 Å². The average Bonchev–Trinajstić information content (AvgIpc) is 2.46. The molecule has 2 N–H and O–H groups in total. The van der Waals surface area contributed by atoms with Crippen LogP contribution in [0.1, 0.15) is 13.8 Å². The lowest BCUT2D eigenvalue weighted by Gasteiger charge is -2.37. The molecule has 0 spiro atoms. The van der Waals surface area contributed by atoms with Gasteiger partial charge in [-0.1, -0.05) is 13.8 Å². The lowest BCUT2D eigenvalue weighted by atomic mass is 10.0. The van der Waals surface area contributed by atoms with Crippen molar-refractivity contribution < 1.29 is 4.79 Å². The highest BCUT2D eigenvalue weighted by molar-refractivity contribution is 9.10. The molecule has 0 unspecified atom stereocenters. The first-order valence-electron chi connectivity index (χ1n) is 6.90. The van der Waals surface area contributed by atoms with E-state index in [1.165, 1.54) is 0 Å². The molecule has 2 rings (SSSR count). The smallest absolute Gasteiger partial charge is 0.239 e. The molecule has 0 aliphatic carbocycles. The molecule has 0 radical (unpaired) electrons. The van der Waals surface area contributed by atoms with Crippen LogP contribution in [-0.4, -0.2) is 48.0 Å². The molecule has 5 nitrogen and oxygen atoms in total. The fourth-order valence-electron chi connectivity index (χ4n) is 2.21. The second-order valence-corrected chi connectivity index (χ2v) is 6.33. The molecule has 1 fully saturated rings. The van der Waals surface area contributed by atoms with E-state index in [0.29, 0.717) is 13.1 Å². The predicted molar refractivity (Wildman–Crippen MR) is 83.5 cm³/mol. The number of carbonyl (C=O) groups excluding carboxylic acids is 1. The summed E-state index contributed by atoms with van der Waals surface area (Å²) in [5.41, 5.74) is 5.93. The van der Waals surface area contributed by atoms with Gasteiger partial charge < -0.3 is 15.5 Å². The first-order valence-corrected chi connectivity index (χ1v) is 7.69. The quantitative estimate of drug-likeness (QED) is 0.905. The molecule has 20 heavy (non-hydrogen) atoms. The fourth-order valence-corrected chi connectivity index (χ4v) is 2.44. The Morgan fingerprint density at radius 2 is 1.95 bits per heavy atom. The van der Waals surface area contributed by atoms with Crippen molar-refractivity contribution in [2.45, 2.75) is 19.9 Å². The molecule has 1 aromatic rings. The summed E-state index contributed by atoms with van der Waals surface area (Å²) in [6.45, 7) is 6.96. The standard InChI is InChI=1S/C14H21BrN4O/c1-10(2)13(16)14(20)19-7-5-18(6-8-19)12-4-3-11(15)9-17-12/h3-4,9-10,13H,5-8,16H2,1-2H3/t13-/m1/s1. The third-order valence-electron chi connectivity index (χ3n) is 3.63. The summed E-state index contributed by atoms with van der Waals surface area (Å²) in [6.07, 6.45) is 1.79. The van der Waals surface area contributed by atoms with Crippen LogP contribution in [0.5, 0.6) is 0 Å².